The molecule has 0 saturated heterocycles. The summed E-state index contributed by atoms with van der Waals surface area (Å²) in [6.07, 6.45) is -0.269. The van der Waals surface area contributed by atoms with E-state index in [1.807, 2.05) is 20.9 Å². The van der Waals surface area contributed by atoms with Crippen molar-refractivity contribution in [3.63, 3.8) is 0 Å². The molecule has 0 spiro atoms. The van der Waals surface area contributed by atoms with Gasteiger partial charge in [0.05, 0.1) is 31.7 Å². The molecular weight excluding hydrogens is 564 g/mol. The standard InChI is InChI=1S/C33H40N4O7/c1-21-17-37(22(2)20-38)31(39)16-25-15-27(35-33(42)34-26-9-12-28(43-4)13-10-26)11-14-29(25)44-30(21)19-36(3)18-23-5-7-24(8-6-23)32(40)41/h5-15,21-22,30,38H,16-20H2,1-4H3,(H,40,41)(H2,34,35,42)/t21-,22+,30+/m1/s1. The maximum absolute atomic E-state index is 13.5. The van der Waals surface area contributed by atoms with E-state index in [4.69, 9.17) is 9.47 Å². The van der Waals surface area contributed by atoms with Crippen molar-refractivity contribution in [2.24, 2.45) is 5.92 Å². The number of hydrogen-bond donors (Lipinski definition) is 4. The molecule has 11 nitrogen and oxygen atoms in total. The highest BCUT2D eigenvalue weighted by Crippen LogP contribution is 2.29. The summed E-state index contributed by atoms with van der Waals surface area (Å²) in [6, 6.07) is 18.1. The number of urea groups is 1. The Kier molecular flexibility index (Phi) is 10.8. The number of ether oxygens (including phenoxy) is 2. The number of methoxy groups -OCH3 is 1. The number of carbonyl (C=O) groups excluding carboxylic acids is 2. The first-order valence-electron chi connectivity index (χ1n) is 14.5. The molecule has 0 radical (unpaired) electrons. The summed E-state index contributed by atoms with van der Waals surface area (Å²) in [6.45, 7) is 5.16. The van der Waals surface area contributed by atoms with E-state index in [0.717, 1.165) is 5.56 Å². The Morgan fingerprint density at radius 2 is 1.73 bits per heavy atom. The molecule has 3 atom stereocenters. The number of carbonyl (C=O) groups is 3. The number of fused-ring (bicyclic) bond motifs is 1. The molecule has 0 fully saturated rings. The van der Waals surface area contributed by atoms with Crippen LogP contribution < -0.4 is 20.1 Å². The number of nitrogens with zero attached hydrogens (tertiary/aromatic N) is 2. The van der Waals surface area contributed by atoms with Crippen LogP contribution in [-0.2, 0) is 17.8 Å². The molecule has 1 aliphatic rings. The molecule has 4 N–H and O–H groups in total. The van der Waals surface area contributed by atoms with Gasteiger partial charge in [-0.3, -0.25) is 9.69 Å². The van der Waals surface area contributed by atoms with E-state index in [2.05, 4.69) is 15.5 Å². The van der Waals surface area contributed by atoms with Crippen molar-refractivity contribution in [1.82, 2.24) is 9.80 Å². The van der Waals surface area contributed by atoms with Gasteiger partial charge in [-0.05, 0) is 74.1 Å². The number of aliphatic hydroxyl groups excluding tert-OH is 1. The van der Waals surface area contributed by atoms with Crippen LogP contribution in [0.15, 0.2) is 66.7 Å². The average molecular weight is 605 g/mol. The second kappa shape index (κ2) is 14.7. The van der Waals surface area contributed by atoms with Gasteiger partial charge in [0.25, 0.3) is 0 Å². The molecule has 234 valence electrons. The monoisotopic (exact) mass is 604 g/mol. The quantitative estimate of drug-likeness (QED) is 0.268. The lowest BCUT2D eigenvalue weighted by Crippen LogP contribution is -2.47. The van der Waals surface area contributed by atoms with Crippen molar-refractivity contribution in [3.05, 3.63) is 83.4 Å². The fourth-order valence-corrected chi connectivity index (χ4v) is 5.13. The van der Waals surface area contributed by atoms with Crippen LogP contribution in [0.25, 0.3) is 0 Å². The molecule has 4 rings (SSSR count). The molecular formula is C33H40N4O7. The molecule has 3 aromatic rings. The zero-order chi connectivity index (χ0) is 31.8. The summed E-state index contributed by atoms with van der Waals surface area (Å²) in [5.41, 5.74) is 2.91. The molecule has 3 amide bonds. The normalized spacial score (nSPS) is 17.4. The molecule has 0 aromatic heterocycles. The van der Waals surface area contributed by atoms with Crippen LogP contribution in [0.5, 0.6) is 11.5 Å². The Balaban J connectivity index is 1.53. The second-order valence-corrected chi connectivity index (χ2v) is 11.2. The van der Waals surface area contributed by atoms with Gasteiger partial charge in [0.15, 0.2) is 0 Å². The highest BCUT2D eigenvalue weighted by molar-refractivity contribution is 6.00. The first-order valence-corrected chi connectivity index (χ1v) is 14.5. The average Bonchev–Trinajstić information content (AvgIpc) is 3.04. The van der Waals surface area contributed by atoms with Gasteiger partial charge >= 0.3 is 12.0 Å². The van der Waals surface area contributed by atoms with Crippen molar-refractivity contribution >= 4 is 29.3 Å². The van der Waals surface area contributed by atoms with Crippen molar-refractivity contribution < 1.29 is 34.1 Å². The number of aliphatic hydroxyl groups is 1. The van der Waals surface area contributed by atoms with Crippen molar-refractivity contribution in [2.75, 3.05) is 44.5 Å². The fraction of sp³-hybridized carbons (Fsp3) is 0.364. The number of amides is 3. The molecule has 1 heterocycles. The van der Waals surface area contributed by atoms with Crippen LogP contribution in [-0.4, -0.2) is 83.9 Å². The topological polar surface area (TPSA) is 141 Å². The Bertz CT molecular complexity index is 1450. The van der Waals surface area contributed by atoms with E-state index in [9.17, 15) is 24.6 Å². The summed E-state index contributed by atoms with van der Waals surface area (Å²) in [5.74, 6) is 0.0354. The summed E-state index contributed by atoms with van der Waals surface area (Å²) >= 11 is 0. The second-order valence-electron chi connectivity index (χ2n) is 11.2. The molecule has 0 bridgehead atoms. The molecule has 44 heavy (non-hydrogen) atoms. The number of carboxylic acids is 1. The zero-order valence-electron chi connectivity index (χ0n) is 25.4. The largest absolute Gasteiger partial charge is 0.497 e. The minimum atomic E-state index is -0.969. The van der Waals surface area contributed by atoms with Gasteiger partial charge in [0.1, 0.15) is 17.6 Å². The highest BCUT2D eigenvalue weighted by atomic mass is 16.5. The third-order valence-corrected chi connectivity index (χ3v) is 7.67. The van der Waals surface area contributed by atoms with Gasteiger partial charge in [-0.2, -0.15) is 0 Å². The molecule has 1 aliphatic heterocycles. The number of benzene rings is 3. The number of carboxylic acid groups (broad SMARTS) is 1. The summed E-state index contributed by atoms with van der Waals surface area (Å²) < 4.78 is 11.7. The number of anilines is 2. The lowest BCUT2D eigenvalue weighted by atomic mass is 10.0. The third-order valence-electron chi connectivity index (χ3n) is 7.67. The first kappa shape index (κ1) is 32.3. The van der Waals surface area contributed by atoms with E-state index in [-0.39, 0.29) is 42.6 Å². The van der Waals surface area contributed by atoms with E-state index in [1.54, 1.807) is 78.7 Å². The van der Waals surface area contributed by atoms with Gasteiger partial charge in [-0.1, -0.05) is 19.1 Å². The fourth-order valence-electron chi connectivity index (χ4n) is 5.13. The zero-order valence-corrected chi connectivity index (χ0v) is 25.4. The van der Waals surface area contributed by atoms with E-state index in [0.29, 0.717) is 48.1 Å². The molecule has 11 heteroatoms. The van der Waals surface area contributed by atoms with Crippen molar-refractivity contribution in [2.45, 2.75) is 39.0 Å². The van der Waals surface area contributed by atoms with Crippen LogP contribution in [0.1, 0.15) is 35.3 Å². The number of nitrogens with one attached hydrogen (secondary N) is 2. The third kappa shape index (κ3) is 8.48. The minimum absolute atomic E-state index is 0.0422. The van der Waals surface area contributed by atoms with E-state index < -0.39 is 12.0 Å². The number of rotatable bonds is 10. The van der Waals surface area contributed by atoms with Gasteiger partial charge in [0, 0.05) is 42.5 Å². The molecule has 0 aliphatic carbocycles. The van der Waals surface area contributed by atoms with Crippen molar-refractivity contribution in [3.8, 4) is 11.5 Å². The summed E-state index contributed by atoms with van der Waals surface area (Å²) in [4.78, 5) is 41.2. The Morgan fingerprint density at radius 1 is 1.07 bits per heavy atom. The lowest BCUT2D eigenvalue weighted by molar-refractivity contribution is -0.134. The predicted molar refractivity (Wildman–Crippen MR) is 167 cm³/mol. The Morgan fingerprint density at radius 3 is 2.36 bits per heavy atom. The predicted octanol–water partition coefficient (Wildman–Crippen LogP) is 4.32. The van der Waals surface area contributed by atoms with Gasteiger partial charge in [-0.15, -0.1) is 0 Å². The van der Waals surface area contributed by atoms with E-state index >= 15 is 0 Å². The number of aromatic carboxylic acids is 1. The van der Waals surface area contributed by atoms with Crippen LogP contribution >= 0.6 is 0 Å². The Labute approximate surface area is 257 Å². The smallest absolute Gasteiger partial charge is 0.335 e. The van der Waals surface area contributed by atoms with Gasteiger partial charge in [0.2, 0.25) is 5.91 Å². The molecule has 0 saturated carbocycles. The number of hydrogen-bond acceptors (Lipinski definition) is 7. The number of likely N-dealkylation sites (N-methyl/N-ethyl adjacent to an activating group) is 1. The van der Waals surface area contributed by atoms with Crippen LogP contribution in [0.4, 0.5) is 16.2 Å². The van der Waals surface area contributed by atoms with Crippen LogP contribution in [0.3, 0.4) is 0 Å². The lowest BCUT2D eigenvalue weighted by Gasteiger charge is -2.34. The SMILES string of the molecule is COc1ccc(NC(=O)Nc2ccc3c(c2)CC(=O)N([C@@H](C)CO)C[C@@H](C)[C@H](CN(C)Cc2ccc(C(=O)O)cc2)O3)cc1. The van der Waals surface area contributed by atoms with Crippen LogP contribution in [0.2, 0.25) is 0 Å². The van der Waals surface area contributed by atoms with Gasteiger partial charge < -0.3 is 35.2 Å². The summed E-state index contributed by atoms with van der Waals surface area (Å²) in [7, 11) is 3.53. The Hall–Kier alpha value is -4.61. The minimum Gasteiger partial charge on any atom is -0.497 e. The molecule has 0 unspecified atom stereocenters. The highest BCUT2D eigenvalue weighted by Gasteiger charge is 2.31. The maximum Gasteiger partial charge on any atom is 0.335 e. The maximum atomic E-state index is 13.5. The van der Waals surface area contributed by atoms with Crippen LogP contribution in [0, 0.1) is 5.92 Å². The molecule has 3 aromatic carbocycles. The van der Waals surface area contributed by atoms with Gasteiger partial charge in [-0.25, -0.2) is 9.59 Å². The van der Waals surface area contributed by atoms with E-state index in [1.165, 1.54) is 0 Å². The van der Waals surface area contributed by atoms with Crippen molar-refractivity contribution in [1.29, 1.82) is 0 Å². The first-order chi connectivity index (χ1) is 21.1. The summed E-state index contributed by atoms with van der Waals surface area (Å²) in [5, 5.41) is 24.7.